The van der Waals surface area contributed by atoms with Crippen LogP contribution in [0.4, 0.5) is 5.88 Å². The molecule has 0 radical (unpaired) electrons. The van der Waals surface area contributed by atoms with Crippen LogP contribution in [0.5, 0.6) is 0 Å². The first kappa shape index (κ1) is 11.0. The summed E-state index contributed by atoms with van der Waals surface area (Å²) in [5.41, 5.74) is 8.37. The van der Waals surface area contributed by atoms with Gasteiger partial charge in [0.25, 0.3) is 0 Å². The number of anilines is 1. The van der Waals surface area contributed by atoms with Gasteiger partial charge in [-0.3, -0.25) is 4.98 Å². The van der Waals surface area contributed by atoms with Crippen LogP contribution in [-0.4, -0.2) is 10.1 Å². The van der Waals surface area contributed by atoms with Gasteiger partial charge in [0, 0.05) is 22.8 Å². The second-order valence-electron chi connectivity index (χ2n) is 3.92. The van der Waals surface area contributed by atoms with Gasteiger partial charge in [0.2, 0.25) is 5.88 Å². The second kappa shape index (κ2) is 4.27. The number of nitrogens with two attached hydrogens (primary N) is 1. The Kier molecular flexibility index (Phi) is 2.60. The molecule has 3 aromatic heterocycles. The first-order valence-corrected chi connectivity index (χ1v) is 6.29. The van der Waals surface area contributed by atoms with E-state index < -0.39 is 0 Å². The third-order valence-electron chi connectivity index (χ3n) is 2.64. The molecular formula is C13H11N3OS. The van der Waals surface area contributed by atoms with Crippen LogP contribution in [-0.2, 0) is 0 Å². The molecule has 2 N–H and O–H groups in total. The molecule has 0 saturated heterocycles. The predicted molar refractivity (Wildman–Crippen MR) is 72.2 cm³/mol. The van der Waals surface area contributed by atoms with Gasteiger partial charge in [-0.2, -0.15) is 0 Å². The fraction of sp³-hybridized carbons (Fsp3) is 0.0769. The molecule has 0 fully saturated rings. The first-order valence-electron chi connectivity index (χ1n) is 5.48. The van der Waals surface area contributed by atoms with Gasteiger partial charge in [-0.05, 0) is 25.1 Å². The van der Waals surface area contributed by atoms with Crippen molar-refractivity contribution in [2.45, 2.75) is 6.92 Å². The molecule has 5 heteroatoms. The van der Waals surface area contributed by atoms with Gasteiger partial charge in [-0.15, -0.1) is 11.3 Å². The van der Waals surface area contributed by atoms with Gasteiger partial charge in [0.15, 0.2) is 0 Å². The number of nitrogens with zero attached hydrogens (tertiary/aromatic N) is 2. The van der Waals surface area contributed by atoms with E-state index in [0.717, 1.165) is 21.7 Å². The van der Waals surface area contributed by atoms with Gasteiger partial charge in [0.1, 0.15) is 5.69 Å². The van der Waals surface area contributed by atoms with Crippen molar-refractivity contribution < 1.29 is 4.52 Å². The SMILES string of the molecule is Cc1ccc(-c2noc(N)c2-c2cccnc2)s1. The zero-order valence-electron chi connectivity index (χ0n) is 9.75. The molecular weight excluding hydrogens is 246 g/mol. The van der Waals surface area contributed by atoms with E-state index in [1.807, 2.05) is 18.2 Å². The van der Waals surface area contributed by atoms with E-state index in [4.69, 9.17) is 10.3 Å². The molecule has 0 saturated carbocycles. The predicted octanol–water partition coefficient (Wildman–Crippen LogP) is 3.36. The molecule has 0 atom stereocenters. The average Bonchev–Trinajstić information content (AvgIpc) is 2.96. The molecule has 0 amide bonds. The lowest BCUT2D eigenvalue weighted by atomic mass is 10.1. The van der Waals surface area contributed by atoms with Gasteiger partial charge in [0.05, 0.1) is 10.4 Å². The molecule has 90 valence electrons. The average molecular weight is 257 g/mol. The maximum absolute atomic E-state index is 5.87. The minimum atomic E-state index is 0.323. The summed E-state index contributed by atoms with van der Waals surface area (Å²) in [4.78, 5) is 6.37. The minimum absolute atomic E-state index is 0.323. The van der Waals surface area contributed by atoms with E-state index in [2.05, 4.69) is 23.1 Å². The smallest absolute Gasteiger partial charge is 0.230 e. The number of thiophene rings is 1. The molecule has 4 nitrogen and oxygen atoms in total. The Balaban J connectivity index is 2.18. The summed E-state index contributed by atoms with van der Waals surface area (Å²) in [6.07, 6.45) is 3.48. The van der Waals surface area contributed by atoms with Crippen LogP contribution in [0, 0.1) is 6.92 Å². The fourth-order valence-corrected chi connectivity index (χ4v) is 2.68. The molecule has 3 rings (SSSR count). The maximum Gasteiger partial charge on any atom is 0.230 e. The Morgan fingerprint density at radius 3 is 2.83 bits per heavy atom. The third kappa shape index (κ3) is 1.78. The molecule has 0 spiro atoms. The van der Waals surface area contributed by atoms with Gasteiger partial charge in [-0.25, -0.2) is 0 Å². The van der Waals surface area contributed by atoms with E-state index in [-0.39, 0.29) is 0 Å². The Morgan fingerprint density at radius 1 is 1.28 bits per heavy atom. The summed E-state index contributed by atoms with van der Waals surface area (Å²) in [5.74, 6) is 0.323. The van der Waals surface area contributed by atoms with Crippen LogP contribution in [0.15, 0.2) is 41.2 Å². The van der Waals surface area contributed by atoms with E-state index in [1.54, 1.807) is 23.7 Å². The third-order valence-corrected chi connectivity index (χ3v) is 3.65. The van der Waals surface area contributed by atoms with E-state index in [9.17, 15) is 0 Å². The van der Waals surface area contributed by atoms with Crippen molar-refractivity contribution in [1.82, 2.24) is 10.1 Å². The van der Waals surface area contributed by atoms with Gasteiger partial charge in [-0.1, -0.05) is 11.2 Å². The number of rotatable bonds is 2. The van der Waals surface area contributed by atoms with Crippen molar-refractivity contribution in [3.8, 4) is 21.7 Å². The molecule has 0 aliphatic heterocycles. The van der Waals surface area contributed by atoms with Crippen molar-refractivity contribution in [1.29, 1.82) is 0 Å². The quantitative estimate of drug-likeness (QED) is 0.764. The van der Waals surface area contributed by atoms with Crippen molar-refractivity contribution in [3.05, 3.63) is 41.5 Å². The molecule has 0 aromatic carbocycles. The highest BCUT2D eigenvalue weighted by molar-refractivity contribution is 7.15. The lowest BCUT2D eigenvalue weighted by molar-refractivity contribution is 0.439. The Bertz CT molecular complexity index is 673. The highest BCUT2D eigenvalue weighted by atomic mass is 32.1. The van der Waals surface area contributed by atoms with Gasteiger partial charge >= 0.3 is 0 Å². The number of aryl methyl sites for hydroxylation is 1. The molecule has 0 aliphatic rings. The van der Waals surface area contributed by atoms with Crippen molar-refractivity contribution >= 4 is 17.2 Å². The lowest BCUT2D eigenvalue weighted by Crippen LogP contribution is -1.87. The number of hydrogen-bond donors (Lipinski definition) is 1. The highest BCUT2D eigenvalue weighted by Gasteiger charge is 2.18. The summed E-state index contributed by atoms with van der Waals surface area (Å²) < 4.78 is 5.12. The molecule has 0 bridgehead atoms. The molecule has 3 heterocycles. The topological polar surface area (TPSA) is 64.9 Å². The maximum atomic E-state index is 5.87. The van der Waals surface area contributed by atoms with Crippen LogP contribution >= 0.6 is 11.3 Å². The van der Waals surface area contributed by atoms with E-state index in [0.29, 0.717) is 5.88 Å². The second-order valence-corrected chi connectivity index (χ2v) is 5.21. The van der Waals surface area contributed by atoms with Crippen molar-refractivity contribution in [3.63, 3.8) is 0 Å². The number of hydrogen-bond acceptors (Lipinski definition) is 5. The van der Waals surface area contributed by atoms with Crippen LogP contribution in [0.1, 0.15) is 4.88 Å². The summed E-state index contributed by atoms with van der Waals surface area (Å²) in [6.45, 7) is 2.06. The van der Waals surface area contributed by atoms with E-state index >= 15 is 0 Å². The van der Waals surface area contributed by atoms with Crippen molar-refractivity contribution in [2.24, 2.45) is 0 Å². The normalized spacial score (nSPS) is 10.7. The number of pyridine rings is 1. The lowest BCUT2D eigenvalue weighted by Gasteiger charge is -1.99. The summed E-state index contributed by atoms with van der Waals surface area (Å²) >= 11 is 1.66. The monoisotopic (exact) mass is 257 g/mol. The minimum Gasteiger partial charge on any atom is -0.367 e. The van der Waals surface area contributed by atoms with Crippen LogP contribution in [0.25, 0.3) is 21.7 Å². The summed E-state index contributed by atoms with van der Waals surface area (Å²) in [5, 5.41) is 4.06. The van der Waals surface area contributed by atoms with Crippen molar-refractivity contribution in [2.75, 3.05) is 5.73 Å². The van der Waals surface area contributed by atoms with Crippen LogP contribution in [0.3, 0.4) is 0 Å². The van der Waals surface area contributed by atoms with E-state index in [1.165, 1.54) is 4.88 Å². The zero-order valence-corrected chi connectivity index (χ0v) is 10.6. The Hall–Kier alpha value is -2.14. The molecule has 18 heavy (non-hydrogen) atoms. The zero-order chi connectivity index (χ0) is 12.5. The molecule has 3 aromatic rings. The Labute approximate surface area is 108 Å². The Morgan fingerprint density at radius 2 is 2.17 bits per heavy atom. The molecule has 0 unspecified atom stereocenters. The van der Waals surface area contributed by atoms with Crippen LogP contribution < -0.4 is 5.73 Å². The largest absolute Gasteiger partial charge is 0.367 e. The van der Waals surface area contributed by atoms with Gasteiger partial charge < -0.3 is 10.3 Å². The number of nitrogen functional groups attached to an aromatic ring is 1. The number of aromatic nitrogens is 2. The standard InChI is InChI=1S/C13H11N3OS/c1-8-4-5-10(18-8)12-11(13(14)17-16-12)9-3-2-6-15-7-9/h2-7H,14H2,1H3. The summed E-state index contributed by atoms with van der Waals surface area (Å²) in [7, 11) is 0. The summed E-state index contributed by atoms with van der Waals surface area (Å²) in [6, 6.07) is 7.89. The highest BCUT2D eigenvalue weighted by Crippen LogP contribution is 2.38. The van der Waals surface area contributed by atoms with Crippen LogP contribution in [0.2, 0.25) is 0 Å². The first-order chi connectivity index (χ1) is 8.75. The fourth-order valence-electron chi connectivity index (χ4n) is 1.82. The molecule has 0 aliphatic carbocycles.